The molecule has 2 rings (SSSR count). The third-order valence-electron chi connectivity index (χ3n) is 3.78. The van der Waals surface area contributed by atoms with E-state index in [9.17, 15) is 4.79 Å². The fraction of sp³-hybridized carbons (Fsp3) is 0.562. The van der Waals surface area contributed by atoms with Gasteiger partial charge in [0.05, 0.1) is 6.54 Å². The Balaban J connectivity index is 1.68. The van der Waals surface area contributed by atoms with Crippen LogP contribution in [0.25, 0.3) is 0 Å². The van der Waals surface area contributed by atoms with Gasteiger partial charge in [-0.1, -0.05) is 24.3 Å². The molecule has 20 heavy (non-hydrogen) atoms. The Kier molecular flexibility index (Phi) is 6.02. The topological polar surface area (TPSA) is 44.4 Å². The maximum absolute atomic E-state index is 11.9. The number of carbonyl (C=O) groups is 1. The first-order chi connectivity index (χ1) is 9.75. The molecule has 1 aliphatic heterocycles. The van der Waals surface area contributed by atoms with Crippen LogP contribution in [0.15, 0.2) is 24.3 Å². The van der Waals surface area contributed by atoms with Crippen molar-refractivity contribution in [3.8, 4) is 0 Å². The van der Waals surface area contributed by atoms with Gasteiger partial charge >= 0.3 is 0 Å². The van der Waals surface area contributed by atoms with Gasteiger partial charge in [0.1, 0.15) is 0 Å². The summed E-state index contributed by atoms with van der Waals surface area (Å²) in [6, 6.07) is 8.34. The fourth-order valence-electron chi connectivity index (χ4n) is 2.55. The van der Waals surface area contributed by atoms with Crippen molar-refractivity contribution in [1.82, 2.24) is 15.5 Å². The van der Waals surface area contributed by atoms with Crippen LogP contribution in [0, 0.1) is 6.92 Å². The zero-order valence-electron chi connectivity index (χ0n) is 12.3. The lowest BCUT2D eigenvalue weighted by Gasteiger charge is -2.18. The van der Waals surface area contributed by atoms with Crippen LogP contribution in [0.1, 0.15) is 17.5 Å². The highest BCUT2D eigenvalue weighted by molar-refractivity contribution is 5.78. The van der Waals surface area contributed by atoms with E-state index < -0.39 is 0 Å². The average Bonchev–Trinajstić information content (AvgIpc) is 2.69. The third-order valence-corrected chi connectivity index (χ3v) is 3.78. The highest BCUT2D eigenvalue weighted by Gasteiger charge is 2.12. The average molecular weight is 275 g/mol. The predicted molar refractivity (Wildman–Crippen MR) is 81.8 cm³/mol. The molecule has 1 amide bonds. The van der Waals surface area contributed by atoms with Gasteiger partial charge in [0.15, 0.2) is 0 Å². The van der Waals surface area contributed by atoms with Crippen molar-refractivity contribution in [3.63, 3.8) is 0 Å². The number of rotatable bonds is 5. The summed E-state index contributed by atoms with van der Waals surface area (Å²) in [7, 11) is 0. The molecule has 1 aromatic carbocycles. The van der Waals surface area contributed by atoms with Gasteiger partial charge in [-0.15, -0.1) is 0 Å². The third kappa shape index (κ3) is 4.94. The van der Waals surface area contributed by atoms with Crippen LogP contribution < -0.4 is 10.6 Å². The predicted octanol–water partition coefficient (Wildman–Crippen LogP) is 0.949. The minimum absolute atomic E-state index is 0.139. The van der Waals surface area contributed by atoms with E-state index in [1.54, 1.807) is 0 Å². The van der Waals surface area contributed by atoms with E-state index in [0.717, 1.165) is 45.6 Å². The molecule has 0 aliphatic carbocycles. The molecule has 0 radical (unpaired) electrons. The lowest BCUT2D eigenvalue weighted by molar-refractivity contribution is -0.122. The molecule has 0 spiro atoms. The van der Waals surface area contributed by atoms with Crippen molar-refractivity contribution < 1.29 is 4.79 Å². The van der Waals surface area contributed by atoms with Gasteiger partial charge in [0.25, 0.3) is 0 Å². The van der Waals surface area contributed by atoms with Gasteiger partial charge in [-0.3, -0.25) is 9.69 Å². The Morgan fingerprint density at radius 1 is 1.30 bits per heavy atom. The van der Waals surface area contributed by atoms with Gasteiger partial charge in [-0.05, 0) is 44.0 Å². The largest absolute Gasteiger partial charge is 0.355 e. The minimum atomic E-state index is 0.139. The van der Waals surface area contributed by atoms with Crippen LogP contribution in [0.5, 0.6) is 0 Å². The summed E-state index contributed by atoms with van der Waals surface area (Å²) in [5.74, 6) is 0.139. The van der Waals surface area contributed by atoms with E-state index in [1.807, 2.05) is 12.1 Å². The Hall–Kier alpha value is -1.39. The molecule has 2 N–H and O–H groups in total. The molecule has 1 heterocycles. The van der Waals surface area contributed by atoms with E-state index in [4.69, 9.17) is 0 Å². The van der Waals surface area contributed by atoms with Crippen molar-refractivity contribution >= 4 is 5.91 Å². The monoisotopic (exact) mass is 275 g/mol. The van der Waals surface area contributed by atoms with Crippen molar-refractivity contribution in [2.45, 2.75) is 19.8 Å². The van der Waals surface area contributed by atoms with Crippen molar-refractivity contribution in [2.24, 2.45) is 0 Å². The summed E-state index contributed by atoms with van der Waals surface area (Å²) in [6.07, 6.45) is 2.02. The Labute approximate surface area is 121 Å². The first kappa shape index (κ1) is 15.0. The molecule has 1 saturated heterocycles. The van der Waals surface area contributed by atoms with Gasteiger partial charge in [0.2, 0.25) is 5.91 Å². The maximum atomic E-state index is 11.9. The summed E-state index contributed by atoms with van der Waals surface area (Å²) in [4.78, 5) is 14.2. The zero-order chi connectivity index (χ0) is 14.2. The van der Waals surface area contributed by atoms with E-state index in [0.29, 0.717) is 6.54 Å². The number of hydrogen-bond donors (Lipinski definition) is 2. The van der Waals surface area contributed by atoms with Crippen molar-refractivity contribution in [2.75, 3.05) is 39.3 Å². The molecule has 1 aliphatic rings. The van der Waals surface area contributed by atoms with Crippen LogP contribution in [0.3, 0.4) is 0 Å². The molecule has 0 bridgehead atoms. The second-order valence-corrected chi connectivity index (χ2v) is 5.41. The summed E-state index contributed by atoms with van der Waals surface area (Å²) >= 11 is 0. The summed E-state index contributed by atoms with van der Waals surface area (Å²) in [6.45, 7) is 7.37. The number of amides is 1. The molecule has 4 heteroatoms. The molecule has 1 fully saturated rings. The lowest BCUT2D eigenvalue weighted by Crippen LogP contribution is -2.39. The molecular weight excluding hydrogens is 250 g/mol. The Morgan fingerprint density at radius 2 is 2.15 bits per heavy atom. The minimum Gasteiger partial charge on any atom is -0.355 e. The highest BCUT2D eigenvalue weighted by Crippen LogP contribution is 2.06. The van der Waals surface area contributed by atoms with Crippen LogP contribution in [-0.2, 0) is 11.2 Å². The van der Waals surface area contributed by atoms with Gasteiger partial charge in [-0.2, -0.15) is 0 Å². The summed E-state index contributed by atoms with van der Waals surface area (Å²) in [5, 5.41) is 6.37. The normalized spacial score (nSPS) is 16.6. The van der Waals surface area contributed by atoms with E-state index in [1.165, 1.54) is 11.1 Å². The smallest absolute Gasteiger partial charge is 0.234 e. The first-order valence-electron chi connectivity index (χ1n) is 7.50. The Bertz CT molecular complexity index is 425. The number of aryl methyl sites for hydroxylation is 1. The molecule has 0 saturated carbocycles. The van der Waals surface area contributed by atoms with Crippen LogP contribution >= 0.6 is 0 Å². The second-order valence-electron chi connectivity index (χ2n) is 5.41. The summed E-state index contributed by atoms with van der Waals surface area (Å²) < 4.78 is 0. The Morgan fingerprint density at radius 3 is 3.00 bits per heavy atom. The van der Waals surface area contributed by atoms with Gasteiger partial charge in [0, 0.05) is 19.6 Å². The molecule has 4 nitrogen and oxygen atoms in total. The number of hydrogen-bond acceptors (Lipinski definition) is 3. The van der Waals surface area contributed by atoms with E-state index >= 15 is 0 Å². The van der Waals surface area contributed by atoms with E-state index in [-0.39, 0.29) is 5.91 Å². The molecule has 1 aromatic rings. The number of nitrogens with zero attached hydrogens (tertiary/aromatic N) is 1. The SMILES string of the molecule is Cc1ccccc1CCNC(=O)CN1CCCNCC1. The molecule has 0 aromatic heterocycles. The highest BCUT2D eigenvalue weighted by atomic mass is 16.2. The molecule has 0 unspecified atom stereocenters. The lowest BCUT2D eigenvalue weighted by atomic mass is 10.1. The first-order valence-corrected chi connectivity index (χ1v) is 7.50. The van der Waals surface area contributed by atoms with Gasteiger partial charge < -0.3 is 10.6 Å². The number of carbonyl (C=O) groups excluding carboxylic acids is 1. The van der Waals surface area contributed by atoms with Gasteiger partial charge in [-0.25, -0.2) is 0 Å². The molecule has 110 valence electrons. The number of benzene rings is 1. The van der Waals surface area contributed by atoms with Crippen LogP contribution in [0.2, 0.25) is 0 Å². The standard InChI is InChI=1S/C16H25N3O/c1-14-5-2-3-6-15(14)7-9-18-16(20)13-19-11-4-8-17-10-12-19/h2-3,5-6,17H,4,7-13H2,1H3,(H,18,20). The maximum Gasteiger partial charge on any atom is 0.234 e. The van der Waals surface area contributed by atoms with E-state index in [2.05, 4.69) is 34.6 Å². The van der Waals surface area contributed by atoms with Crippen LogP contribution in [0.4, 0.5) is 0 Å². The molecule has 0 atom stereocenters. The summed E-state index contributed by atoms with van der Waals surface area (Å²) in [5.41, 5.74) is 2.60. The fourth-order valence-corrected chi connectivity index (χ4v) is 2.55. The molecular formula is C16H25N3O. The van der Waals surface area contributed by atoms with Crippen LogP contribution in [-0.4, -0.2) is 50.1 Å². The van der Waals surface area contributed by atoms with Crippen molar-refractivity contribution in [1.29, 1.82) is 0 Å². The quantitative estimate of drug-likeness (QED) is 0.841. The zero-order valence-corrected chi connectivity index (χ0v) is 12.3. The number of nitrogens with one attached hydrogen (secondary N) is 2. The van der Waals surface area contributed by atoms with Crippen molar-refractivity contribution in [3.05, 3.63) is 35.4 Å². The second kappa shape index (κ2) is 8.02.